The lowest BCUT2D eigenvalue weighted by Crippen LogP contribution is -2.42. The van der Waals surface area contributed by atoms with Crippen LogP contribution in [0.25, 0.3) is 0 Å². The Labute approximate surface area is 119 Å². The van der Waals surface area contributed by atoms with Crippen molar-refractivity contribution in [3.05, 3.63) is 30.1 Å². The number of nitrogens with one attached hydrogen (secondary N) is 2. The topological polar surface area (TPSA) is 44.4 Å². The number of nitrogens with zero attached hydrogens (tertiary/aromatic N) is 1. The molecule has 0 atom stereocenters. The van der Waals surface area contributed by atoms with E-state index in [-0.39, 0.29) is 11.6 Å². The molecule has 0 radical (unpaired) electrons. The van der Waals surface area contributed by atoms with Crippen molar-refractivity contribution < 1.29 is 9.18 Å². The molecule has 1 amide bonds. The fourth-order valence-corrected chi connectivity index (χ4v) is 2.48. The van der Waals surface area contributed by atoms with E-state index in [1.807, 2.05) is 7.05 Å². The molecule has 1 aliphatic heterocycles. The molecule has 0 unspecified atom stereocenters. The Morgan fingerprint density at radius 2 is 2.05 bits per heavy atom. The van der Waals surface area contributed by atoms with Crippen LogP contribution in [0.15, 0.2) is 24.3 Å². The van der Waals surface area contributed by atoms with Crippen molar-refractivity contribution in [1.82, 2.24) is 10.2 Å². The summed E-state index contributed by atoms with van der Waals surface area (Å²) >= 11 is 0. The largest absolute Gasteiger partial charge is 0.324 e. The maximum absolute atomic E-state index is 13.4. The standard InChI is InChI=1S/C15H22FN3O/c1-17-12-6-9-19(10-7-12)11-8-15(20)18-14-5-3-2-4-13(14)16/h2-5,12,17H,6-11H2,1H3,(H,18,20). The molecule has 0 saturated carbocycles. The minimum Gasteiger partial charge on any atom is -0.324 e. The van der Waals surface area contributed by atoms with E-state index in [1.165, 1.54) is 6.07 Å². The van der Waals surface area contributed by atoms with E-state index < -0.39 is 5.82 Å². The second-order valence-electron chi connectivity index (χ2n) is 5.18. The maximum Gasteiger partial charge on any atom is 0.225 e. The number of rotatable bonds is 5. The first-order valence-corrected chi connectivity index (χ1v) is 7.13. The Balaban J connectivity index is 1.72. The first-order chi connectivity index (χ1) is 9.69. The SMILES string of the molecule is CNC1CCN(CCC(=O)Nc2ccccc2F)CC1. The number of benzene rings is 1. The van der Waals surface area contributed by atoms with Gasteiger partial charge in [-0.3, -0.25) is 4.79 Å². The monoisotopic (exact) mass is 279 g/mol. The summed E-state index contributed by atoms with van der Waals surface area (Å²) in [4.78, 5) is 14.1. The number of hydrogen-bond donors (Lipinski definition) is 2. The molecule has 1 aliphatic rings. The van der Waals surface area contributed by atoms with Gasteiger partial charge in [-0.05, 0) is 45.1 Å². The van der Waals surface area contributed by atoms with Crippen LogP contribution >= 0.6 is 0 Å². The van der Waals surface area contributed by atoms with Crippen molar-refractivity contribution in [2.75, 3.05) is 32.0 Å². The third-order valence-corrected chi connectivity index (χ3v) is 3.80. The third kappa shape index (κ3) is 4.28. The zero-order chi connectivity index (χ0) is 14.4. The highest BCUT2D eigenvalue weighted by atomic mass is 19.1. The van der Waals surface area contributed by atoms with Crippen molar-refractivity contribution in [2.24, 2.45) is 0 Å². The van der Waals surface area contributed by atoms with Gasteiger partial charge in [0.05, 0.1) is 5.69 Å². The fraction of sp³-hybridized carbons (Fsp3) is 0.533. The van der Waals surface area contributed by atoms with Gasteiger partial charge in [-0.25, -0.2) is 4.39 Å². The number of anilines is 1. The molecule has 20 heavy (non-hydrogen) atoms. The lowest BCUT2D eigenvalue weighted by molar-refractivity contribution is -0.116. The van der Waals surface area contributed by atoms with Crippen LogP contribution in [0, 0.1) is 5.82 Å². The first-order valence-electron chi connectivity index (χ1n) is 7.13. The number of amides is 1. The number of carbonyl (C=O) groups excluding carboxylic acids is 1. The molecule has 4 nitrogen and oxygen atoms in total. The predicted octanol–water partition coefficient (Wildman–Crippen LogP) is 1.84. The summed E-state index contributed by atoms with van der Waals surface area (Å²) in [5, 5.41) is 5.90. The van der Waals surface area contributed by atoms with Gasteiger partial charge in [0.1, 0.15) is 5.82 Å². The summed E-state index contributed by atoms with van der Waals surface area (Å²) in [6.07, 6.45) is 2.63. The van der Waals surface area contributed by atoms with Crippen molar-refractivity contribution in [2.45, 2.75) is 25.3 Å². The van der Waals surface area contributed by atoms with Crippen molar-refractivity contribution in [3.63, 3.8) is 0 Å². The molecule has 1 fully saturated rings. The van der Waals surface area contributed by atoms with Crippen LogP contribution in [-0.4, -0.2) is 43.5 Å². The lowest BCUT2D eigenvalue weighted by atomic mass is 10.1. The quantitative estimate of drug-likeness (QED) is 0.864. The molecule has 0 spiro atoms. The van der Waals surface area contributed by atoms with Crippen molar-refractivity contribution in [1.29, 1.82) is 0 Å². The minimum atomic E-state index is -0.393. The summed E-state index contributed by atoms with van der Waals surface area (Å²) in [5.74, 6) is -0.526. The number of para-hydroxylation sites is 1. The molecule has 5 heteroatoms. The molecule has 1 saturated heterocycles. The number of hydrogen-bond acceptors (Lipinski definition) is 3. The number of carbonyl (C=O) groups is 1. The minimum absolute atomic E-state index is 0.133. The highest BCUT2D eigenvalue weighted by molar-refractivity contribution is 5.90. The van der Waals surface area contributed by atoms with Gasteiger partial charge in [-0.2, -0.15) is 0 Å². The van der Waals surface area contributed by atoms with E-state index in [0.29, 0.717) is 12.5 Å². The Morgan fingerprint density at radius 1 is 1.35 bits per heavy atom. The molecule has 1 heterocycles. The lowest BCUT2D eigenvalue weighted by Gasteiger charge is -2.31. The Hall–Kier alpha value is -1.46. The summed E-state index contributed by atoms with van der Waals surface area (Å²) in [6, 6.07) is 6.83. The molecule has 110 valence electrons. The molecule has 0 aliphatic carbocycles. The van der Waals surface area contributed by atoms with Crippen LogP contribution in [0.1, 0.15) is 19.3 Å². The van der Waals surface area contributed by atoms with Crippen LogP contribution in [0.2, 0.25) is 0 Å². The van der Waals surface area contributed by atoms with Crippen LogP contribution in [0.3, 0.4) is 0 Å². The first kappa shape index (κ1) is 14.9. The average molecular weight is 279 g/mol. The summed E-state index contributed by atoms with van der Waals surface area (Å²) in [5.41, 5.74) is 0.256. The Bertz CT molecular complexity index is 444. The zero-order valence-corrected chi connectivity index (χ0v) is 11.9. The van der Waals surface area contributed by atoms with Crippen LogP contribution in [-0.2, 0) is 4.79 Å². The molecular weight excluding hydrogens is 257 g/mol. The molecule has 1 aromatic carbocycles. The number of likely N-dealkylation sites (tertiary alicyclic amines) is 1. The summed E-state index contributed by atoms with van der Waals surface area (Å²) < 4.78 is 13.4. The van der Waals surface area contributed by atoms with Crippen LogP contribution in [0.4, 0.5) is 10.1 Å². The normalized spacial score (nSPS) is 17.1. The molecule has 2 N–H and O–H groups in total. The van der Waals surface area contributed by atoms with Gasteiger partial charge in [-0.1, -0.05) is 12.1 Å². The van der Waals surface area contributed by atoms with Crippen molar-refractivity contribution >= 4 is 11.6 Å². The van der Waals surface area contributed by atoms with E-state index in [0.717, 1.165) is 32.5 Å². The molecule has 1 aromatic rings. The molecule has 2 rings (SSSR count). The van der Waals surface area contributed by atoms with E-state index in [1.54, 1.807) is 18.2 Å². The number of halogens is 1. The maximum atomic E-state index is 13.4. The zero-order valence-electron chi connectivity index (χ0n) is 11.9. The van der Waals surface area contributed by atoms with E-state index in [9.17, 15) is 9.18 Å². The summed E-state index contributed by atoms with van der Waals surface area (Å²) in [7, 11) is 1.99. The highest BCUT2D eigenvalue weighted by Crippen LogP contribution is 2.13. The van der Waals surface area contributed by atoms with E-state index >= 15 is 0 Å². The van der Waals surface area contributed by atoms with Gasteiger partial charge in [0.15, 0.2) is 0 Å². The second kappa shape index (κ2) is 7.36. The number of piperidine rings is 1. The Kier molecular flexibility index (Phi) is 5.49. The Morgan fingerprint density at radius 3 is 2.70 bits per heavy atom. The van der Waals surface area contributed by atoms with Crippen molar-refractivity contribution in [3.8, 4) is 0 Å². The fourth-order valence-electron chi connectivity index (χ4n) is 2.48. The highest BCUT2D eigenvalue weighted by Gasteiger charge is 2.18. The smallest absolute Gasteiger partial charge is 0.225 e. The second-order valence-corrected chi connectivity index (χ2v) is 5.18. The van der Waals surface area contributed by atoms with Gasteiger partial charge in [0, 0.05) is 19.0 Å². The van der Waals surface area contributed by atoms with Gasteiger partial charge in [0.2, 0.25) is 5.91 Å². The summed E-state index contributed by atoms with van der Waals surface area (Å²) in [6.45, 7) is 2.76. The third-order valence-electron chi connectivity index (χ3n) is 3.80. The van der Waals surface area contributed by atoms with Gasteiger partial charge in [0.25, 0.3) is 0 Å². The van der Waals surface area contributed by atoms with Crippen LogP contribution < -0.4 is 10.6 Å². The predicted molar refractivity (Wildman–Crippen MR) is 78.2 cm³/mol. The van der Waals surface area contributed by atoms with Gasteiger partial charge in [-0.15, -0.1) is 0 Å². The van der Waals surface area contributed by atoms with Gasteiger partial charge >= 0.3 is 0 Å². The average Bonchev–Trinajstić information content (AvgIpc) is 2.48. The van der Waals surface area contributed by atoms with Crippen LogP contribution in [0.5, 0.6) is 0 Å². The molecular formula is C15H22FN3O. The van der Waals surface area contributed by atoms with Gasteiger partial charge < -0.3 is 15.5 Å². The molecule has 0 aromatic heterocycles. The van der Waals surface area contributed by atoms with E-state index in [2.05, 4.69) is 15.5 Å². The van der Waals surface area contributed by atoms with E-state index in [4.69, 9.17) is 0 Å². The molecule has 0 bridgehead atoms.